The quantitative estimate of drug-likeness (QED) is 0.771. The van der Waals surface area contributed by atoms with Crippen molar-refractivity contribution in [2.24, 2.45) is 0 Å². The van der Waals surface area contributed by atoms with Crippen molar-refractivity contribution in [2.75, 3.05) is 13.2 Å². The lowest BCUT2D eigenvalue weighted by Gasteiger charge is -2.24. The van der Waals surface area contributed by atoms with E-state index in [-0.39, 0.29) is 5.60 Å². The minimum absolute atomic E-state index is 0.153. The average molecular weight is 213 g/mol. The van der Waals surface area contributed by atoms with E-state index in [0.29, 0.717) is 6.54 Å². The number of hydrogen-bond acceptors (Lipinski definition) is 5. The van der Waals surface area contributed by atoms with Gasteiger partial charge in [0.2, 0.25) is 0 Å². The van der Waals surface area contributed by atoms with Gasteiger partial charge in [-0.15, -0.1) is 0 Å². The Labute approximate surface area is 90.2 Å². The topological polar surface area (TPSA) is 60.2 Å². The van der Waals surface area contributed by atoms with E-state index in [4.69, 9.17) is 4.74 Å². The summed E-state index contributed by atoms with van der Waals surface area (Å²) in [7, 11) is 0. The van der Waals surface area contributed by atoms with Gasteiger partial charge in [-0.3, -0.25) is 0 Å². The van der Waals surface area contributed by atoms with Crippen LogP contribution in [0.25, 0.3) is 0 Å². The van der Waals surface area contributed by atoms with Crippen LogP contribution < -0.4 is 5.32 Å². The summed E-state index contributed by atoms with van der Waals surface area (Å²) >= 11 is 0. The van der Waals surface area contributed by atoms with Gasteiger partial charge in [-0.05, 0) is 27.7 Å². The summed E-state index contributed by atoms with van der Waals surface area (Å²) in [6, 6.07) is 0. The molecule has 0 amide bonds. The van der Waals surface area contributed by atoms with Crippen molar-refractivity contribution < 1.29 is 9.37 Å². The molecule has 0 radical (unpaired) electrons. The molecular formula is C10H19N3O2. The van der Waals surface area contributed by atoms with E-state index in [1.165, 1.54) is 0 Å². The second-order valence-electron chi connectivity index (χ2n) is 4.09. The zero-order valence-corrected chi connectivity index (χ0v) is 9.83. The first-order valence-electron chi connectivity index (χ1n) is 5.18. The van der Waals surface area contributed by atoms with Gasteiger partial charge in [0.25, 0.3) is 0 Å². The zero-order chi connectivity index (χ0) is 11.3. The molecule has 15 heavy (non-hydrogen) atoms. The molecule has 0 aliphatic carbocycles. The molecule has 0 spiro atoms. The molecule has 0 fully saturated rings. The molecule has 0 atom stereocenters. The van der Waals surface area contributed by atoms with E-state index in [1.807, 2.05) is 13.8 Å². The molecule has 5 nitrogen and oxygen atoms in total. The highest BCUT2D eigenvalue weighted by atomic mass is 16.6. The molecule has 1 N–H and O–H groups in total. The number of ether oxygens (including phenoxy) is 1. The predicted molar refractivity (Wildman–Crippen MR) is 56.4 cm³/mol. The molecule has 1 aromatic rings. The maximum absolute atomic E-state index is 5.56. The van der Waals surface area contributed by atoms with Gasteiger partial charge >= 0.3 is 0 Å². The predicted octanol–water partition coefficient (Wildman–Crippen LogP) is 1.28. The lowest BCUT2D eigenvalue weighted by atomic mass is 10.1. The molecule has 0 unspecified atom stereocenters. The number of nitrogens with zero attached hydrogens (tertiary/aromatic N) is 2. The van der Waals surface area contributed by atoms with Crippen LogP contribution in [0.15, 0.2) is 4.63 Å². The van der Waals surface area contributed by atoms with Crippen molar-refractivity contribution in [2.45, 2.75) is 39.8 Å². The molecule has 0 aromatic carbocycles. The second kappa shape index (κ2) is 5.23. The summed E-state index contributed by atoms with van der Waals surface area (Å²) in [4.78, 5) is 0. The smallest absolute Gasteiger partial charge is 0.121 e. The standard InChI is InChI=1S/C10H19N3O2/c1-5-14-10(3,4)7-11-6-9-8(2)12-15-13-9/h11H,5-7H2,1-4H3. The SMILES string of the molecule is CCOC(C)(C)CNCc1nonc1C. The van der Waals surface area contributed by atoms with E-state index >= 15 is 0 Å². The third-order valence-electron chi connectivity index (χ3n) is 2.12. The van der Waals surface area contributed by atoms with Crippen LogP contribution in [0.2, 0.25) is 0 Å². The largest absolute Gasteiger partial charge is 0.375 e. The molecule has 1 heterocycles. The van der Waals surface area contributed by atoms with Crippen LogP contribution in [-0.2, 0) is 11.3 Å². The minimum atomic E-state index is -0.153. The van der Waals surface area contributed by atoms with E-state index in [1.54, 1.807) is 0 Å². The summed E-state index contributed by atoms with van der Waals surface area (Å²) in [6.07, 6.45) is 0. The summed E-state index contributed by atoms with van der Waals surface area (Å²) in [5.74, 6) is 0. The number of nitrogens with one attached hydrogen (secondary N) is 1. The normalized spacial score (nSPS) is 12.0. The Morgan fingerprint density at radius 3 is 2.67 bits per heavy atom. The Balaban J connectivity index is 2.30. The van der Waals surface area contributed by atoms with Crippen molar-refractivity contribution in [3.05, 3.63) is 11.4 Å². The van der Waals surface area contributed by atoms with E-state index in [9.17, 15) is 0 Å². The molecular weight excluding hydrogens is 194 g/mol. The highest BCUT2D eigenvalue weighted by Gasteiger charge is 2.17. The van der Waals surface area contributed by atoms with Crippen molar-refractivity contribution in [1.82, 2.24) is 15.6 Å². The van der Waals surface area contributed by atoms with Crippen molar-refractivity contribution in [3.63, 3.8) is 0 Å². The third-order valence-corrected chi connectivity index (χ3v) is 2.12. The Bertz CT molecular complexity index is 297. The molecule has 86 valence electrons. The van der Waals surface area contributed by atoms with Crippen molar-refractivity contribution >= 4 is 0 Å². The van der Waals surface area contributed by atoms with Gasteiger partial charge in [0, 0.05) is 19.7 Å². The maximum atomic E-state index is 5.56. The summed E-state index contributed by atoms with van der Waals surface area (Å²) in [5, 5.41) is 10.8. The van der Waals surface area contributed by atoms with Crippen LogP contribution in [0.4, 0.5) is 0 Å². The Kier molecular flexibility index (Phi) is 4.23. The second-order valence-corrected chi connectivity index (χ2v) is 4.09. The Morgan fingerprint density at radius 2 is 2.13 bits per heavy atom. The van der Waals surface area contributed by atoms with Crippen LogP contribution in [0, 0.1) is 6.92 Å². The molecule has 0 saturated carbocycles. The summed E-state index contributed by atoms with van der Waals surface area (Å²) in [6.45, 7) is 10.1. The molecule has 0 bridgehead atoms. The fourth-order valence-corrected chi connectivity index (χ4v) is 1.33. The molecule has 1 aromatic heterocycles. The first kappa shape index (κ1) is 12.1. The molecule has 0 aliphatic heterocycles. The Morgan fingerprint density at radius 1 is 1.40 bits per heavy atom. The van der Waals surface area contributed by atoms with Crippen LogP contribution in [0.5, 0.6) is 0 Å². The monoisotopic (exact) mass is 213 g/mol. The third kappa shape index (κ3) is 3.97. The van der Waals surface area contributed by atoms with E-state index in [0.717, 1.165) is 24.5 Å². The van der Waals surface area contributed by atoms with Crippen molar-refractivity contribution in [3.8, 4) is 0 Å². The van der Waals surface area contributed by atoms with Gasteiger partial charge in [-0.25, -0.2) is 4.63 Å². The van der Waals surface area contributed by atoms with Gasteiger partial charge < -0.3 is 10.1 Å². The maximum Gasteiger partial charge on any atom is 0.121 e. The van der Waals surface area contributed by atoms with Crippen LogP contribution in [-0.4, -0.2) is 29.1 Å². The minimum Gasteiger partial charge on any atom is -0.375 e. The van der Waals surface area contributed by atoms with Gasteiger partial charge in [-0.2, -0.15) is 0 Å². The van der Waals surface area contributed by atoms with E-state index < -0.39 is 0 Å². The fraction of sp³-hybridized carbons (Fsp3) is 0.800. The number of aromatic nitrogens is 2. The van der Waals surface area contributed by atoms with Crippen LogP contribution >= 0.6 is 0 Å². The fourth-order valence-electron chi connectivity index (χ4n) is 1.33. The van der Waals surface area contributed by atoms with Gasteiger partial charge in [0.1, 0.15) is 11.4 Å². The lowest BCUT2D eigenvalue weighted by Crippen LogP contribution is -2.37. The molecule has 0 saturated heterocycles. The van der Waals surface area contributed by atoms with Crippen LogP contribution in [0.3, 0.4) is 0 Å². The lowest BCUT2D eigenvalue weighted by molar-refractivity contribution is -0.00906. The highest BCUT2D eigenvalue weighted by molar-refractivity contribution is 5.03. The summed E-state index contributed by atoms with van der Waals surface area (Å²) < 4.78 is 10.2. The van der Waals surface area contributed by atoms with Gasteiger partial charge in [0.05, 0.1) is 5.60 Å². The van der Waals surface area contributed by atoms with E-state index in [2.05, 4.69) is 34.1 Å². The molecule has 0 aliphatic rings. The Hall–Kier alpha value is -0.940. The van der Waals surface area contributed by atoms with Crippen molar-refractivity contribution in [1.29, 1.82) is 0 Å². The highest BCUT2D eigenvalue weighted by Crippen LogP contribution is 2.07. The number of aryl methyl sites for hydroxylation is 1. The first-order valence-corrected chi connectivity index (χ1v) is 5.18. The first-order chi connectivity index (χ1) is 7.05. The van der Waals surface area contributed by atoms with Gasteiger partial charge in [-0.1, -0.05) is 10.3 Å². The summed E-state index contributed by atoms with van der Waals surface area (Å²) in [5.41, 5.74) is 1.53. The molecule has 1 rings (SSSR count). The zero-order valence-electron chi connectivity index (χ0n) is 9.83. The molecule has 5 heteroatoms. The average Bonchev–Trinajstić information content (AvgIpc) is 2.51. The number of hydrogen-bond donors (Lipinski definition) is 1. The van der Waals surface area contributed by atoms with Crippen LogP contribution in [0.1, 0.15) is 32.2 Å². The number of rotatable bonds is 6. The van der Waals surface area contributed by atoms with Gasteiger partial charge in [0.15, 0.2) is 0 Å².